The summed E-state index contributed by atoms with van der Waals surface area (Å²) in [5.74, 6) is 0.627. The first kappa shape index (κ1) is 10.0. The molecule has 1 amide bonds. The number of hydrogen-bond acceptors (Lipinski definition) is 2. The maximum Gasteiger partial charge on any atom is 0.236 e. The zero-order valence-electron chi connectivity index (χ0n) is 8.12. The van der Waals surface area contributed by atoms with Crippen molar-refractivity contribution in [1.82, 2.24) is 4.90 Å². The molecular weight excluding hydrogens is 164 g/mol. The molecule has 0 aromatic carbocycles. The van der Waals surface area contributed by atoms with Crippen molar-refractivity contribution in [2.24, 2.45) is 5.92 Å². The van der Waals surface area contributed by atoms with Gasteiger partial charge in [0.25, 0.3) is 0 Å². The number of nitriles is 1. The molecule has 3 heteroatoms. The third-order valence-electron chi connectivity index (χ3n) is 2.66. The Bertz CT molecular complexity index is 213. The highest BCUT2D eigenvalue weighted by Gasteiger charge is 2.18. The van der Waals surface area contributed by atoms with Gasteiger partial charge in [-0.15, -0.1) is 0 Å². The van der Waals surface area contributed by atoms with Gasteiger partial charge in [-0.25, -0.2) is 0 Å². The van der Waals surface area contributed by atoms with E-state index in [1.54, 1.807) is 11.9 Å². The van der Waals surface area contributed by atoms with Crippen molar-refractivity contribution >= 4 is 5.91 Å². The average Bonchev–Trinajstić information content (AvgIpc) is 2.57. The SMILES string of the molecule is CN(CC1CCCC1)C(=O)CC#N. The van der Waals surface area contributed by atoms with Gasteiger partial charge in [-0.3, -0.25) is 4.79 Å². The van der Waals surface area contributed by atoms with Gasteiger partial charge in [0, 0.05) is 13.6 Å². The Morgan fingerprint density at radius 1 is 1.54 bits per heavy atom. The first-order valence-corrected chi connectivity index (χ1v) is 4.85. The molecule has 0 saturated heterocycles. The minimum atomic E-state index is -0.0469. The van der Waals surface area contributed by atoms with Gasteiger partial charge in [0.2, 0.25) is 5.91 Å². The van der Waals surface area contributed by atoms with Crippen LogP contribution in [0.5, 0.6) is 0 Å². The number of carbonyl (C=O) groups is 1. The van der Waals surface area contributed by atoms with Crippen LogP contribution in [0.1, 0.15) is 32.1 Å². The lowest BCUT2D eigenvalue weighted by molar-refractivity contribution is -0.129. The zero-order chi connectivity index (χ0) is 9.68. The molecule has 13 heavy (non-hydrogen) atoms. The Hall–Kier alpha value is -1.04. The Morgan fingerprint density at radius 3 is 2.69 bits per heavy atom. The van der Waals surface area contributed by atoms with Crippen molar-refractivity contribution < 1.29 is 4.79 Å². The van der Waals surface area contributed by atoms with Crippen molar-refractivity contribution in [2.45, 2.75) is 32.1 Å². The fourth-order valence-corrected chi connectivity index (χ4v) is 1.88. The number of hydrogen-bond donors (Lipinski definition) is 0. The van der Waals surface area contributed by atoms with E-state index in [4.69, 9.17) is 5.26 Å². The molecule has 0 radical (unpaired) electrons. The summed E-state index contributed by atoms with van der Waals surface area (Å²) in [6.07, 6.45) is 5.09. The quantitative estimate of drug-likeness (QED) is 0.661. The van der Waals surface area contributed by atoms with E-state index in [1.165, 1.54) is 25.7 Å². The second kappa shape index (κ2) is 4.86. The fraction of sp³-hybridized carbons (Fsp3) is 0.800. The smallest absolute Gasteiger partial charge is 0.236 e. The van der Waals surface area contributed by atoms with Gasteiger partial charge in [0.1, 0.15) is 6.42 Å². The molecule has 0 aromatic heterocycles. The molecule has 1 saturated carbocycles. The Kier molecular flexibility index (Phi) is 3.75. The van der Waals surface area contributed by atoms with Crippen molar-refractivity contribution in [3.05, 3.63) is 0 Å². The molecule has 1 aliphatic carbocycles. The third-order valence-corrected chi connectivity index (χ3v) is 2.66. The Morgan fingerprint density at radius 2 is 2.15 bits per heavy atom. The number of amides is 1. The van der Waals surface area contributed by atoms with Crippen LogP contribution < -0.4 is 0 Å². The fourth-order valence-electron chi connectivity index (χ4n) is 1.88. The molecule has 0 spiro atoms. The van der Waals surface area contributed by atoms with Crippen molar-refractivity contribution in [2.75, 3.05) is 13.6 Å². The molecule has 72 valence electrons. The highest BCUT2D eigenvalue weighted by atomic mass is 16.2. The predicted octanol–water partition coefficient (Wildman–Crippen LogP) is 1.55. The molecule has 1 aliphatic rings. The molecule has 0 N–H and O–H groups in total. The maximum atomic E-state index is 11.2. The van der Waals surface area contributed by atoms with E-state index in [2.05, 4.69) is 0 Å². The van der Waals surface area contributed by atoms with Crippen molar-refractivity contribution in [3.8, 4) is 6.07 Å². The summed E-state index contributed by atoms with van der Waals surface area (Å²) < 4.78 is 0. The molecular formula is C10H16N2O. The lowest BCUT2D eigenvalue weighted by Gasteiger charge is -2.19. The lowest BCUT2D eigenvalue weighted by atomic mass is 10.1. The van der Waals surface area contributed by atoms with E-state index in [-0.39, 0.29) is 12.3 Å². The van der Waals surface area contributed by atoms with Gasteiger partial charge in [-0.2, -0.15) is 5.26 Å². The summed E-state index contributed by atoms with van der Waals surface area (Å²) in [6, 6.07) is 1.88. The van der Waals surface area contributed by atoms with Gasteiger partial charge in [-0.05, 0) is 18.8 Å². The van der Waals surface area contributed by atoms with E-state index < -0.39 is 0 Å². The van der Waals surface area contributed by atoms with E-state index >= 15 is 0 Å². The van der Waals surface area contributed by atoms with Gasteiger partial charge in [-0.1, -0.05) is 12.8 Å². The van der Waals surface area contributed by atoms with E-state index in [1.807, 2.05) is 6.07 Å². The third kappa shape index (κ3) is 3.06. The van der Waals surface area contributed by atoms with Crippen LogP contribution in [0.15, 0.2) is 0 Å². The van der Waals surface area contributed by atoms with Gasteiger partial charge in [0.15, 0.2) is 0 Å². The average molecular weight is 180 g/mol. The summed E-state index contributed by atoms with van der Waals surface area (Å²) >= 11 is 0. The lowest BCUT2D eigenvalue weighted by Crippen LogP contribution is -2.30. The minimum absolute atomic E-state index is 0.0171. The second-order valence-corrected chi connectivity index (χ2v) is 3.76. The molecule has 0 bridgehead atoms. The number of nitrogens with zero attached hydrogens (tertiary/aromatic N) is 2. The predicted molar refractivity (Wildman–Crippen MR) is 49.8 cm³/mol. The highest BCUT2D eigenvalue weighted by molar-refractivity contribution is 5.77. The summed E-state index contributed by atoms with van der Waals surface area (Å²) in [5.41, 5.74) is 0. The second-order valence-electron chi connectivity index (χ2n) is 3.76. The van der Waals surface area contributed by atoms with E-state index in [0.717, 1.165) is 6.54 Å². The van der Waals surface area contributed by atoms with Crippen molar-refractivity contribution in [1.29, 1.82) is 5.26 Å². The van der Waals surface area contributed by atoms with E-state index in [0.29, 0.717) is 5.92 Å². The zero-order valence-corrected chi connectivity index (χ0v) is 8.12. The van der Waals surface area contributed by atoms with Crippen LogP contribution in [-0.4, -0.2) is 24.4 Å². The van der Waals surface area contributed by atoms with E-state index in [9.17, 15) is 4.79 Å². The summed E-state index contributed by atoms with van der Waals surface area (Å²) in [5, 5.41) is 8.35. The summed E-state index contributed by atoms with van der Waals surface area (Å²) in [6.45, 7) is 0.834. The Balaban J connectivity index is 2.27. The Labute approximate surface area is 79.3 Å². The molecule has 3 nitrogen and oxygen atoms in total. The van der Waals surface area contributed by atoms with Crippen LogP contribution in [0.25, 0.3) is 0 Å². The van der Waals surface area contributed by atoms with Gasteiger partial charge < -0.3 is 4.90 Å². The van der Waals surface area contributed by atoms with Crippen LogP contribution in [0.2, 0.25) is 0 Å². The number of rotatable bonds is 3. The molecule has 0 aliphatic heterocycles. The van der Waals surface area contributed by atoms with Crippen LogP contribution in [0.3, 0.4) is 0 Å². The first-order valence-electron chi connectivity index (χ1n) is 4.85. The normalized spacial score (nSPS) is 16.9. The maximum absolute atomic E-state index is 11.2. The van der Waals surface area contributed by atoms with Crippen LogP contribution >= 0.6 is 0 Å². The molecule has 0 unspecified atom stereocenters. The minimum Gasteiger partial charge on any atom is -0.345 e. The number of carbonyl (C=O) groups excluding carboxylic acids is 1. The largest absolute Gasteiger partial charge is 0.345 e. The molecule has 0 heterocycles. The van der Waals surface area contributed by atoms with Crippen LogP contribution in [0.4, 0.5) is 0 Å². The molecule has 0 aromatic rings. The molecule has 0 atom stereocenters. The van der Waals surface area contributed by atoms with Crippen LogP contribution in [-0.2, 0) is 4.79 Å². The van der Waals surface area contributed by atoms with Gasteiger partial charge >= 0.3 is 0 Å². The summed E-state index contributed by atoms with van der Waals surface area (Å²) in [4.78, 5) is 12.9. The topological polar surface area (TPSA) is 44.1 Å². The van der Waals surface area contributed by atoms with Crippen LogP contribution in [0, 0.1) is 17.2 Å². The standard InChI is InChI=1S/C10H16N2O/c1-12(10(13)6-7-11)8-9-4-2-3-5-9/h9H,2-6,8H2,1H3. The first-order chi connectivity index (χ1) is 6.24. The van der Waals surface area contributed by atoms with Crippen molar-refractivity contribution in [3.63, 3.8) is 0 Å². The molecule has 1 rings (SSSR count). The monoisotopic (exact) mass is 180 g/mol. The van der Waals surface area contributed by atoms with Gasteiger partial charge in [0.05, 0.1) is 6.07 Å². The molecule has 1 fully saturated rings. The highest BCUT2D eigenvalue weighted by Crippen LogP contribution is 2.25. The summed E-state index contributed by atoms with van der Waals surface area (Å²) in [7, 11) is 1.79.